The maximum Gasteiger partial charge on any atom is 0.227 e. The highest BCUT2D eigenvalue weighted by Gasteiger charge is 2.26. The molecule has 0 radical (unpaired) electrons. The van der Waals surface area contributed by atoms with Gasteiger partial charge in [-0.05, 0) is 38.3 Å². The lowest BCUT2D eigenvalue weighted by Gasteiger charge is -2.31. The van der Waals surface area contributed by atoms with Crippen LogP contribution in [0.2, 0.25) is 0 Å². The molecule has 2 unspecified atom stereocenters. The predicted molar refractivity (Wildman–Crippen MR) is 79.9 cm³/mol. The first kappa shape index (κ1) is 14.3. The highest BCUT2D eigenvalue weighted by Crippen LogP contribution is 2.28. The van der Waals surface area contributed by atoms with Crippen molar-refractivity contribution in [1.29, 1.82) is 0 Å². The van der Waals surface area contributed by atoms with Crippen LogP contribution in [-0.2, 0) is 6.42 Å². The molecule has 2 aromatic heterocycles. The molecule has 2 heterocycles. The molecule has 1 saturated carbocycles. The van der Waals surface area contributed by atoms with Crippen LogP contribution in [0.4, 0.5) is 0 Å². The Kier molecular flexibility index (Phi) is 4.39. The van der Waals surface area contributed by atoms with Crippen molar-refractivity contribution in [2.45, 2.75) is 52.0 Å². The van der Waals surface area contributed by atoms with Gasteiger partial charge in [0.25, 0.3) is 0 Å². The predicted octanol–water partition coefficient (Wildman–Crippen LogP) is 3.35. The normalized spacial score (nSPS) is 22.6. The molecular formula is C16H23N3O2. The molecule has 0 aliphatic heterocycles. The van der Waals surface area contributed by atoms with Crippen LogP contribution in [0, 0.1) is 12.8 Å². The molecule has 0 saturated heterocycles. The maximum atomic E-state index is 5.44. The average Bonchev–Trinajstić information content (AvgIpc) is 3.10. The van der Waals surface area contributed by atoms with E-state index in [2.05, 4.69) is 22.4 Å². The number of nitrogens with zero attached hydrogens (tertiary/aromatic N) is 2. The minimum Gasteiger partial charge on any atom is -0.469 e. The number of rotatable bonds is 5. The Morgan fingerprint density at radius 3 is 2.95 bits per heavy atom. The third-order valence-electron chi connectivity index (χ3n) is 4.38. The van der Waals surface area contributed by atoms with Gasteiger partial charge in [-0.3, -0.25) is 0 Å². The Hall–Kier alpha value is -1.62. The number of hydrogen-bond acceptors (Lipinski definition) is 5. The number of hydrogen-bond donors (Lipinski definition) is 1. The van der Waals surface area contributed by atoms with Crippen molar-refractivity contribution < 1.29 is 8.94 Å². The summed E-state index contributed by atoms with van der Waals surface area (Å²) >= 11 is 0. The van der Waals surface area contributed by atoms with Crippen molar-refractivity contribution >= 4 is 0 Å². The van der Waals surface area contributed by atoms with Crippen LogP contribution in [0.1, 0.15) is 44.3 Å². The molecule has 2 aromatic rings. The number of nitrogens with one attached hydrogen (secondary N) is 1. The molecule has 1 N–H and O–H groups in total. The lowest BCUT2D eigenvalue weighted by molar-refractivity contribution is 0.242. The second-order valence-electron chi connectivity index (χ2n) is 5.82. The van der Waals surface area contributed by atoms with E-state index in [4.69, 9.17) is 8.94 Å². The molecule has 114 valence electrons. The van der Waals surface area contributed by atoms with Crippen LogP contribution in [0.3, 0.4) is 0 Å². The fourth-order valence-corrected chi connectivity index (χ4v) is 3.27. The van der Waals surface area contributed by atoms with Gasteiger partial charge in [0.1, 0.15) is 5.76 Å². The number of aromatic nitrogens is 2. The van der Waals surface area contributed by atoms with E-state index < -0.39 is 0 Å². The third-order valence-corrected chi connectivity index (χ3v) is 4.38. The molecule has 2 atom stereocenters. The van der Waals surface area contributed by atoms with E-state index >= 15 is 0 Å². The van der Waals surface area contributed by atoms with Gasteiger partial charge in [-0.1, -0.05) is 24.9 Å². The van der Waals surface area contributed by atoms with Crippen molar-refractivity contribution in [3.63, 3.8) is 0 Å². The van der Waals surface area contributed by atoms with Gasteiger partial charge in [-0.15, -0.1) is 0 Å². The average molecular weight is 289 g/mol. The number of aryl methyl sites for hydroxylation is 1. The van der Waals surface area contributed by atoms with E-state index in [1.165, 1.54) is 25.7 Å². The standard InChI is InChI=1S/C16H23N3O2/c1-3-17-14-7-5-4-6-12(14)10-15-18-16(19-21-15)13-8-9-20-11(13)2/h8-9,12,14,17H,3-7,10H2,1-2H3. The van der Waals surface area contributed by atoms with Crippen LogP contribution in [0.5, 0.6) is 0 Å². The van der Waals surface area contributed by atoms with Gasteiger partial charge < -0.3 is 14.3 Å². The van der Waals surface area contributed by atoms with Crippen LogP contribution in [-0.4, -0.2) is 22.7 Å². The summed E-state index contributed by atoms with van der Waals surface area (Å²) in [5.74, 6) is 2.79. The van der Waals surface area contributed by atoms with Gasteiger partial charge in [-0.25, -0.2) is 0 Å². The first-order valence-corrected chi connectivity index (χ1v) is 7.88. The van der Waals surface area contributed by atoms with Crippen LogP contribution in [0.15, 0.2) is 21.3 Å². The Labute approximate surface area is 125 Å². The summed E-state index contributed by atoms with van der Waals surface area (Å²) < 4.78 is 10.7. The zero-order chi connectivity index (χ0) is 14.7. The minimum absolute atomic E-state index is 0.578. The topological polar surface area (TPSA) is 64.1 Å². The Morgan fingerprint density at radius 2 is 2.19 bits per heavy atom. The first-order chi connectivity index (χ1) is 10.3. The molecule has 0 bridgehead atoms. The third kappa shape index (κ3) is 3.18. The maximum absolute atomic E-state index is 5.44. The minimum atomic E-state index is 0.578. The highest BCUT2D eigenvalue weighted by atomic mass is 16.5. The summed E-state index contributed by atoms with van der Waals surface area (Å²) in [5.41, 5.74) is 0.914. The summed E-state index contributed by atoms with van der Waals surface area (Å²) in [6.45, 7) is 5.09. The van der Waals surface area contributed by atoms with E-state index in [0.29, 0.717) is 17.8 Å². The monoisotopic (exact) mass is 289 g/mol. The van der Waals surface area contributed by atoms with Crippen LogP contribution < -0.4 is 5.32 Å². The highest BCUT2D eigenvalue weighted by molar-refractivity contribution is 5.56. The fourth-order valence-electron chi connectivity index (χ4n) is 3.27. The van der Waals surface area contributed by atoms with Crippen LogP contribution in [0.25, 0.3) is 11.4 Å². The Balaban J connectivity index is 1.70. The smallest absolute Gasteiger partial charge is 0.227 e. The summed E-state index contributed by atoms with van der Waals surface area (Å²) in [7, 11) is 0. The van der Waals surface area contributed by atoms with E-state index in [-0.39, 0.29) is 0 Å². The summed E-state index contributed by atoms with van der Waals surface area (Å²) in [6, 6.07) is 2.46. The van der Waals surface area contributed by atoms with Crippen LogP contribution >= 0.6 is 0 Å². The van der Waals surface area contributed by atoms with E-state index in [9.17, 15) is 0 Å². The lowest BCUT2D eigenvalue weighted by Crippen LogP contribution is -2.39. The molecule has 0 aromatic carbocycles. The SMILES string of the molecule is CCNC1CCCCC1Cc1nc(-c2ccoc2C)no1. The second kappa shape index (κ2) is 6.43. The van der Waals surface area contributed by atoms with Crippen molar-refractivity contribution in [2.75, 3.05) is 6.54 Å². The first-order valence-electron chi connectivity index (χ1n) is 7.88. The quantitative estimate of drug-likeness (QED) is 0.914. The molecular weight excluding hydrogens is 266 g/mol. The van der Waals surface area contributed by atoms with Gasteiger partial charge in [0.15, 0.2) is 0 Å². The van der Waals surface area contributed by atoms with Crippen molar-refractivity contribution in [1.82, 2.24) is 15.5 Å². The summed E-state index contributed by atoms with van der Waals surface area (Å²) in [5, 5.41) is 7.68. The van der Waals surface area contributed by atoms with E-state index in [0.717, 1.165) is 30.2 Å². The molecule has 5 nitrogen and oxygen atoms in total. The molecule has 1 aliphatic carbocycles. The largest absolute Gasteiger partial charge is 0.469 e. The molecule has 1 fully saturated rings. The second-order valence-corrected chi connectivity index (χ2v) is 5.82. The number of furan rings is 1. The zero-order valence-corrected chi connectivity index (χ0v) is 12.8. The Morgan fingerprint density at radius 1 is 1.33 bits per heavy atom. The molecule has 21 heavy (non-hydrogen) atoms. The van der Waals surface area contributed by atoms with Crippen molar-refractivity contribution in [2.24, 2.45) is 5.92 Å². The van der Waals surface area contributed by atoms with Crippen molar-refractivity contribution in [3.05, 3.63) is 24.0 Å². The molecule has 0 amide bonds. The fraction of sp³-hybridized carbons (Fsp3) is 0.625. The summed E-state index contributed by atoms with van der Waals surface area (Å²) in [4.78, 5) is 4.54. The van der Waals surface area contributed by atoms with Gasteiger partial charge in [-0.2, -0.15) is 4.98 Å². The zero-order valence-electron chi connectivity index (χ0n) is 12.8. The van der Waals surface area contributed by atoms with Gasteiger partial charge >= 0.3 is 0 Å². The van der Waals surface area contributed by atoms with E-state index in [1.807, 2.05) is 13.0 Å². The van der Waals surface area contributed by atoms with Gasteiger partial charge in [0.05, 0.1) is 11.8 Å². The molecule has 0 spiro atoms. The van der Waals surface area contributed by atoms with Gasteiger partial charge in [0, 0.05) is 12.5 Å². The summed E-state index contributed by atoms with van der Waals surface area (Å²) in [6.07, 6.45) is 7.62. The molecule has 1 aliphatic rings. The lowest BCUT2D eigenvalue weighted by atomic mass is 9.82. The van der Waals surface area contributed by atoms with Crippen molar-refractivity contribution in [3.8, 4) is 11.4 Å². The molecule has 3 rings (SSSR count). The van der Waals surface area contributed by atoms with E-state index in [1.54, 1.807) is 6.26 Å². The Bertz CT molecular complexity index is 574. The molecule has 5 heteroatoms. The van der Waals surface area contributed by atoms with Gasteiger partial charge in [0.2, 0.25) is 11.7 Å².